The molecule has 8 heterocycles. The molecule has 0 spiro atoms. The maximum absolute atomic E-state index is 11.5. The van der Waals surface area contributed by atoms with Crippen LogP contribution in [-0.4, -0.2) is 41.7 Å². The Bertz CT molecular complexity index is 5840. The molecule has 19 rings (SSSR count). The van der Waals surface area contributed by atoms with Gasteiger partial charge in [-0.1, -0.05) is 325 Å². The molecule has 4 aliphatic rings. The van der Waals surface area contributed by atoms with Crippen molar-refractivity contribution in [1.82, 2.24) is 19.9 Å². The number of benzene rings is 11. The molecule has 15 aromatic rings. The first-order valence-corrected chi connectivity index (χ1v) is 39.4. The van der Waals surface area contributed by atoms with Gasteiger partial charge in [0.2, 0.25) is 0 Å². The van der Waals surface area contributed by atoms with Gasteiger partial charge in [-0.2, -0.15) is 47.6 Å². The number of aliphatic hydroxyl groups is 2. The third kappa shape index (κ3) is 30.0. The van der Waals surface area contributed by atoms with E-state index in [-0.39, 0.29) is 121 Å². The van der Waals surface area contributed by atoms with Crippen LogP contribution >= 0.6 is 12.4 Å². The van der Waals surface area contributed by atoms with Crippen LogP contribution in [0.2, 0.25) is 0 Å². The number of carbonyl (C=O) groups excluding carboxylic acids is 2. The minimum absolute atomic E-state index is 0. The number of aliphatic hydroxyl groups excluding tert-OH is 2. The van der Waals surface area contributed by atoms with Crippen LogP contribution in [0.25, 0.3) is 142 Å². The zero-order chi connectivity index (χ0) is 84.1. The summed E-state index contributed by atoms with van der Waals surface area (Å²) in [7, 11) is 0. The van der Waals surface area contributed by atoms with Crippen LogP contribution < -0.4 is 0 Å². The molecule has 632 valence electrons. The van der Waals surface area contributed by atoms with Gasteiger partial charge < -0.3 is 31.5 Å². The summed E-state index contributed by atoms with van der Waals surface area (Å²) in [4.78, 5) is 40.3. The molecule has 0 unspecified atom stereocenters. The van der Waals surface area contributed by atoms with Crippen LogP contribution in [-0.2, 0) is 90.0 Å². The van der Waals surface area contributed by atoms with Crippen molar-refractivity contribution in [3.05, 3.63) is 469 Å². The fraction of sp³-hybridized carbons (Fsp3) is 0.0926. The predicted molar refractivity (Wildman–Crippen MR) is 506 cm³/mol. The van der Waals surface area contributed by atoms with Gasteiger partial charge in [-0.25, -0.2) is 0 Å². The summed E-state index contributed by atoms with van der Waals surface area (Å²) in [6.07, 6.45) is 32.8. The molecule has 12 nitrogen and oxygen atoms in total. The second kappa shape index (κ2) is 49.9. The molecular weight excluding hydrogens is 2280 g/mol. The van der Waals surface area contributed by atoms with E-state index in [1.54, 1.807) is 24.8 Å². The maximum Gasteiger partial charge on any atom is 3.00 e. The van der Waals surface area contributed by atoms with Crippen molar-refractivity contribution in [1.29, 1.82) is 0 Å². The molecule has 0 saturated heterocycles. The Kier molecular flexibility index (Phi) is 39.9. The van der Waals surface area contributed by atoms with Crippen LogP contribution in [0, 0.1) is 35.1 Å². The fourth-order valence-electron chi connectivity index (χ4n) is 12.1. The minimum Gasteiger partial charge on any atom is -0.665 e. The van der Waals surface area contributed by atoms with Crippen molar-refractivity contribution in [2.45, 2.75) is 55.4 Å². The molecule has 0 fully saturated rings. The van der Waals surface area contributed by atoms with E-state index in [2.05, 4.69) is 190 Å². The van der Waals surface area contributed by atoms with Gasteiger partial charge in [0, 0.05) is 63.2 Å². The first-order valence-electron chi connectivity index (χ1n) is 39.4. The van der Waals surface area contributed by atoms with E-state index >= 15 is 0 Å². The molecule has 0 atom stereocenters. The summed E-state index contributed by atoms with van der Waals surface area (Å²) >= 11 is 0. The van der Waals surface area contributed by atoms with Crippen LogP contribution in [0.15, 0.2) is 423 Å². The second-order valence-corrected chi connectivity index (χ2v) is 29.9. The molecule has 17 heteroatoms. The van der Waals surface area contributed by atoms with E-state index in [9.17, 15) is 14.7 Å². The Morgan fingerprint density at radius 2 is 0.592 bits per heavy atom. The molecule has 4 aliphatic heterocycles. The molecule has 0 saturated carbocycles. The third-order valence-corrected chi connectivity index (χ3v) is 18.6. The topological polar surface area (TPSA) is 183 Å². The van der Waals surface area contributed by atoms with Crippen molar-refractivity contribution in [3.63, 3.8) is 0 Å². The van der Waals surface area contributed by atoms with Crippen molar-refractivity contribution < 1.29 is 100 Å². The van der Waals surface area contributed by atoms with Gasteiger partial charge in [-0.3, -0.25) is 29.5 Å². The zero-order valence-electron chi connectivity index (χ0n) is 70.0. The summed E-state index contributed by atoms with van der Waals surface area (Å²) in [5.41, 5.74) is 15.0. The summed E-state index contributed by atoms with van der Waals surface area (Å²) in [6.45, 7) is 14.0. The van der Waals surface area contributed by atoms with Gasteiger partial charge in [0.1, 0.15) is 5.76 Å². The molecule has 2 N–H and O–H groups in total. The summed E-state index contributed by atoms with van der Waals surface area (Å²) < 4.78 is 0. The van der Waals surface area contributed by atoms with E-state index in [1.165, 1.54) is 63.7 Å². The Morgan fingerprint density at radius 1 is 0.320 bits per heavy atom. The smallest absolute Gasteiger partial charge is 0.665 e. The van der Waals surface area contributed by atoms with E-state index in [0.29, 0.717) is 0 Å². The monoisotopic (exact) mass is 2370 g/mol. The number of carbonyl (C=O) groups is 2. The molecule has 11 aromatic carbocycles. The number of nitrogens with zero attached hydrogens (tertiary/aromatic N) is 8. The number of hydrogen-bond acceptors (Lipinski definition) is 8. The summed E-state index contributed by atoms with van der Waals surface area (Å²) in [6, 6.07) is 108. The average Bonchev–Trinajstić information content (AvgIpc) is 0.815. The number of rotatable bonds is 6. The molecular formula is C108H91ClIr4N8O4-2. The molecule has 0 aliphatic carbocycles. The number of halogens is 1. The fourth-order valence-corrected chi connectivity index (χ4v) is 12.1. The summed E-state index contributed by atoms with van der Waals surface area (Å²) in [5.74, 6) is 0.0415. The number of aromatic nitrogens is 4. The van der Waals surface area contributed by atoms with Gasteiger partial charge in [-0.15, -0.1) is 136 Å². The van der Waals surface area contributed by atoms with Gasteiger partial charge in [0.05, 0.1) is 27.8 Å². The first kappa shape index (κ1) is 99.8. The number of fused-ring (bicyclic) bond motifs is 7. The SMILES string of the molecule is C1=C[N-]C(=C2C=CC=C[N-]2)C=C1.C1=C[N-]C(=C2C=CC=C[N-]2)C=C1.CC(=O)C=C(C)O.CC(C)(C)C(=O)C=C(O)C(C)(C)C.Cl.[Ir+3].[Ir+3].[Ir].[Ir].[c-]1cc2ccccc2cc1-c1ccc2ccccc2n1.[c-]1cc2ccccc2cc1-c1ccc2ccccc2n1.[c-]1cc2ccccc2cc1-c1ccc2ccccc2n1.[c-]1ccccc1-c1ccc2ccccc2n1. The standard InChI is InChI=1S/3C19H12N.C15H10N.C11H20O2.2C10H8N2.C5H8O2.ClH.4Ir/c3*1-2-7-16-13-17(10-9-14(16)5-1)19-12-11-15-6-3-4-8-18(15)20-19;1-2-6-12(7-3-1)15-11-10-13-8-4-5-9-14(13)16-15;1-10(2,3)8(12)7-9(13)11(4,5)6;2*1-3-7-11-9(5-1)10-6-2-4-8-12-10;1-4(6)3-5(2)7;;;;;/h3*1-9,11-13H;1-6,8-11H;7,12H,1-6H3;2*1-8H;3,6H,1-2H3;1H;;;;/q4*-1;;2*-2;;;;;2*+3. The van der Waals surface area contributed by atoms with Crippen molar-refractivity contribution in [3.8, 4) is 45.0 Å². The van der Waals surface area contributed by atoms with Crippen molar-refractivity contribution in [2.24, 2.45) is 10.8 Å². The second-order valence-electron chi connectivity index (χ2n) is 29.9. The normalized spacial score (nSPS) is 13.6. The van der Waals surface area contributed by atoms with Gasteiger partial charge >= 0.3 is 40.2 Å². The Balaban J connectivity index is 0.000000198. The quantitative estimate of drug-likeness (QED) is 0.0936. The molecule has 2 radical (unpaired) electrons. The van der Waals surface area contributed by atoms with Crippen molar-refractivity contribution >= 4 is 99.9 Å². The van der Waals surface area contributed by atoms with Crippen LogP contribution in [0.1, 0.15) is 55.4 Å². The van der Waals surface area contributed by atoms with E-state index in [4.69, 9.17) is 20.1 Å². The number of pyridine rings is 4. The largest absolute Gasteiger partial charge is 3.00 e. The molecule has 0 amide bonds. The molecule has 4 aromatic heterocycles. The Morgan fingerprint density at radius 3 is 0.832 bits per heavy atom. The Labute approximate surface area is 793 Å². The van der Waals surface area contributed by atoms with Gasteiger partial charge in [-0.05, 0) is 82.4 Å². The van der Waals surface area contributed by atoms with E-state index < -0.39 is 5.41 Å². The zero-order valence-corrected chi connectivity index (χ0v) is 80.4. The van der Waals surface area contributed by atoms with Gasteiger partial charge in [0.25, 0.3) is 0 Å². The Hall–Kier alpha value is -12.3. The average molecular weight is 2370 g/mol. The number of allylic oxidation sites excluding steroid dienone is 16. The van der Waals surface area contributed by atoms with E-state index in [1.807, 2.05) is 254 Å². The van der Waals surface area contributed by atoms with Gasteiger partial charge in [0.15, 0.2) is 11.6 Å². The predicted octanol–water partition coefficient (Wildman–Crippen LogP) is 29.0. The van der Waals surface area contributed by atoms with E-state index in [0.717, 1.165) is 106 Å². The number of para-hydroxylation sites is 4. The maximum atomic E-state index is 11.5. The minimum atomic E-state index is -0.417. The third-order valence-electron chi connectivity index (χ3n) is 18.6. The van der Waals surface area contributed by atoms with Crippen LogP contribution in [0.3, 0.4) is 0 Å². The molecule has 0 bridgehead atoms. The number of hydrogen-bond donors (Lipinski definition) is 2. The van der Waals surface area contributed by atoms with Crippen LogP contribution in [0.4, 0.5) is 0 Å². The number of ketones is 2. The van der Waals surface area contributed by atoms with Crippen LogP contribution in [0.5, 0.6) is 0 Å². The summed E-state index contributed by atoms with van der Waals surface area (Å²) in [5, 5.41) is 46.6. The van der Waals surface area contributed by atoms with Crippen molar-refractivity contribution in [2.75, 3.05) is 0 Å². The first-order chi connectivity index (χ1) is 58.2. The molecule has 125 heavy (non-hydrogen) atoms.